The summed E-state index contributed by atoms with van der Waals surface area (Å²) in [5.74, 6) is -1.30. The highest BCUT2D eigenvalue weighted by Gasteiger charge is 2.05. The van der Waals surface area contributed by atoms with E-state index in [-0.39, 0.29) is 18.7 Å². The Labute approximate surface area is 151 Å². The number of hydrogen-bond acceptors (Lipinski definition) is 3. The molecule has 0 fully saturated rings. The average Bonchev–Trinajstić information content (AvgIpc) is 2.65. The van der Waals surface area contributed by atoms with E-state index in [0.29, 0.717) is 5.69 Å². The third-order valence-electron chi connectivity index (χ3n) is 3.80. The minimum atomic E-state index is -0.986. The number of pyridine rings is 1. The zero-order valence-electron chi connectivity index (χ0n) is 14.1. The fourth-order valence-electron chi connectivity index (χ4n) is 2.52. The van der Waals surface area contributed by atoms with Crippen LogP contribution in [-0.2, 0) is 9.59 Å². The molecule has 3 rings (SSSR count). The van der Waals surface area contributed by atoms with E-state index >= 15 is 0 Å². The maximum atomic E-state index is 11.7. The summed E-state index contributed by atoms with van der Waals surface area (Å²) in [6, 6.07) is 19.3. The summed E-state index contributed by atoms with van der Waals surface area (Å²) in [4.78, 5) is 26.8. The monoisotopic (exact) mass is 346 g/mol. The van der Waals surface area contributed by atoms with Gasteiger partial charge in [-0.05, 0) is 35.9 Å². The maximum absolute atomic E-state index is 11.7. The average molecular weight is 346 g/mol. The van der Waals surface area contributed by atoms with Gasteiger partial charge in [0.25, 0.3) is 0 Å². The Balaban J connectivity index is 1.70. The largest absolute Gasteiger partial charge is 0.481 e. The third-order valence-corrected chi connectivity index (χ3v) is 3.80. The standard InChI is InChI=1S/C21H18N2O3/c24-20(12-13-21(25)26)23-18-6-3-4-15(14-18)8-10-17-11-9-16-5-1-2-7-19(16)22-17/h1-11,14H,12-13H2,(H,23,24)(H,25,26)/b10-8+. The molecule has 0 saturated heterocycles. The van der Waals surface area contributed by atoms with Crippen LogP contribution in [0.2, 0.25) is 0 Å². The van der Waals surface area contributed by atoms with Crippen LogP contribution in [0.4, 0.5) is 5.69 Å². The summed E-state index contributed by atoms with van der Waals surface area (Å²) in [5.41, 5.74) is 3.33. The van der Waals surface area contributed by atoms with Crippen molar-refractivity contribution in [2.45, 2.75) is 12.8 Å². The first kappa shape index (κ1) is 17.4. The van der Waals surface area contributed by atoms with E-state index in [0.717, 1.165) is 22.2 Å². The molecule has 130 valence electrons. The van der Waals surface area contributed by atoms with Crippen LogP contribution < -0.4 is 5.32 Å². The molecule has 5 nitrogen and oxygen atoms in total. The predicted molar refractivity (Wildman–Crippen MR) is 103 cm³/mol. The number of carboxylic acids is 1. The van der Waals surface area contributed by atoms with Gasteiger partial charge in [0.1, 0.15) is 0 Å². The molecule has 0 aliphatic heterocycles. The Bertz CT molecular complexity index is 980. The van der Waals surface area contributed by atoms with Gasteiger partial charge in [-0.15, -0.1) is 0 Å². The van der Waals surface area contributed by atoms with Crippen LogP contribution in [0.25, 0.3) is 23.1 Å². The first-order chi connectivity index (χ1) is 12.6. The van der Waals surface area contributed by atoms with Gasteiger partial charge in [0.15, 0.2) is 0 Å². The number of aliphatic carboxylic acids is 1. The lowest BCUT2D eigenvalue weighted by Crippen LogP contribution is -2.13. The molecule has 1 amide bonds. The van der Waals surface area contributed by atoms with Crippen molar-refractivity contribution in [3.8, 4) is 0 Å². The van der Waals surface area contributed by atoms with Crippen molar-refractivity contribution in [1.29, 1.82) is 0 Å². The Kier molecular flexibility index (Phi) is 5.39. The first-order valence-electron chi connectivity index (χ1n) is 8.26. The third kappa shape index (κ3) is 4.77. The van der Waals surface area contributed by atoms with Crippen LogP contribution in [0.15, 0.2) is 60.7 Å². The lowest BCUT2D eigenvalue weighted by Gasteiger charge is -2.05. The topological polar surface area (TPSA) is 79.3 Å². The smallest absolute Gasteiger partial charge is 0.303 e. The molecule has 0 bridgehead atoms. The highest BCUT2D eigenvalue weighted by Crippen LogP contribution is 2.16. The minimum absolute atomic E-state index is 0.0452. The quantitative estimate of drug-likeness (QED) is 0.701. The molecule has 1 aromatic heterocycles. The molecule has 2 N–H and O–H groups in total. The van der Waals surface area contributed by atoms with Gasteiger partial charge in [0.05, 0.1) is 17.6 Å². The lowest BCUT2D eigenvalue weighted by molar-refractivity contribution is -0.138. The number of para-hydroxylation sites is 1. The molecular weight excluding hydrogens is 328 g/mol. The van der Waals surface area contributed by atoms with Gasteiger partial charge < -0.3 is 10.4 Å². The summed E-state index contributed by atoms with van der Waals surface area (Å²) in [5, 5.41) is 12.4. The molecule has 0 atom stereocenters. The second-order valence-electron chi connectivity index (χ2n) is 5.83. The van der Waals surface area contributed by atoms with Crippen molar-refractivity contribution >= 4 is 40.6 Å². The highest BCUT2D eigenvalue weighted by atomic mass is 16.4. The zero-order chi connectivity index (χ0) is 18.4. The van der Waals surface area contributed by atoms with Crippen LogP contribution in [0.5, 0.6) is 0 Å². The number of carbonyl (C=O) groups is 2. The molecule has 0 unspecified atom stereocenters. The van der Waals surface area contributed by atoms with E-state index in [1.165, 1.54) is 0 Å². The maximum Gasteiger partial charge on any atom is 0.303 e. The van der Waals surface area contributed by atoms with Gasteiger partial charge in [-0.3, -0.25) is 9.59 Å². The number of hydrogen-bond donors (Lipinski definition) is 2. The molecule has 0 aliphatic carbocycles. The number of benzene rings is 2. The number of carboxylic acid groups (broad SMARTS) is 1. The van der Waals surface area contributed by atoms with Gasteiger partial charge in [-0.2, -0.15) is 0 Å². The van der Waals surface area contributed by atoms with Gasteiger partial charge in [-0.25, -0.2) is 4.98 Å². The Morgan fingerprint density at radius 2 is 1.81 bits per heavy atom. The number of aromatic nitrogens is 1. The Hall–Kier alpha value is -3.47. The van der Waals surface area contributed by atoms with E-state index in [4.69, 9.17) is 5.11 Å². The fraction of sp³-hybridized carbons (Fsp3) is 0.0952. The molecular formula is C21H18N2O3. The molecule has 1 heterocycles. The van der Waals surface area contributed by atoms with Gasteiger partial charge in [0, 0.05) is 17.5 Å². The number of amides is 1. The predicted octanol–water partition coefficient (Wildman–Crippen LogP) is 4.21. The van der Waals surface area contributed by atoms with Crippen LogP contribution in [-0.4, -0.2) is 22.0 Å². The first-order valence-corrected chi connectivity index (χ1v) is 8.26. The molecule has 0 radical (unpaired) electrons. The summed E-state index contributed by atoms with van der Waals surface area (Å²) in [7, 11) is 0. The van der Waals surface area contributed by atoms with E-state index in [9.17, 15) is 9.59 Å². The number of fused-ring (bicyclic) bond motifs is 1. The van der Waals surface area contributed by atoms with E-state index in [1.807, 2.05) is 66.7 Å². The lowest BCUT2D eigenvalue weighted by atomic mass is 10.1. The molecule has 26 heavy (non-hydrogen) atoms. The second-order valence-corrected chi connectivity index (χ2v) is 5.83. The molecule has 0 aliphatic rings. The molecule has 3 aromatic rings. The second kappa shape index (κ2) is 8.07. The Morgan fingerprint density at radius 1 is 0.962 bits per heavy atom. The summed E-state index contributed by atoms with van der Waals surface area (Å²) in [6.45, 7) is 0. The van der Waals surface area contributed by atoms with E-state index in [2.05, 4.69) is 10.3 Å². The Morgan fingerprint density at radius 3 is 2.65 bits per heavy atom. The van der Waals surface area contributed by atoms with Gasteiger partial charge in [0.2, 0.25) is 5.91 Å². The summed E-state index contributed by atoms with van der Waals surface area (Å²) >= 11 is 0. The number of anilines is 1. The molecule has 2 aromatic carbocycles. The van der Waals surface area contributed by atoms with Crippen molar-refractivity contribution in [2.24, 2.45) is 0 Å². The van der Waals surface area contributed by atoms with E-state index < -0.39 is 5.97 Å². The van der Waals surface area contributed by atoms with Crippen molar-refractivity contribution in [3.63, 3.8) is 0 Å². The van der Waals surface area contributed by atoms with Crippen molar-refractivity contribution in [2.75, 3.05) is 5.32 Å². The zero-order valence-corrected chi connectivity index (χ0v) is 14.1. The summed E-state index contributed by atoms with van der Waals surface area (Å²) in [6.07, 6.45) is 3.61. The van der Waals surface area contributed by atoms with Crippen LogP contribution >= 0.6 is 0 Å². The number of nitrogens with one attached hydrogen (secondary N) is 1. The summed E-state index contributed by atoms with van der Waals surface area (Å²) < 4.78 is 0. The van der Waals surface area contributed by atoms with Crippen molar-refractivity contribution in [1.82, 2.24) is 4.98 Å². The highest BCUT2D eigenvalue weighted by molar-refractivity contribution is 5.92. The van der Waals surface area contributed by atoms with Gasteiger partial charge in [-0.1, -0.05) is 42.5 Å². The molecule has 5 heteroatoms. The minimum Gasteiger partial charge on any atom is -0.481 e. The molecule has 0 spiro atoms. The number of rotatable bonds is 6. The van der Waals surface area contributed by atoms with Crippen molar-refractivity contribution < 1.29 is 14.7 Å². The number of nitrogens with zero attached hydrogens (tertiary/aromatic N) is 1. The SMILES string of the molecule is O=C(O)CCC(=O)Nc1cccc(/C=C/c2ccc3ccccc3n2)c1. The van der Waals surface area contributed by atoms with E-state index in [1.54, 1.807) is 6.07 Å². The van der Waals surface area contributed by atoms with Crippen molar-refractivity contribution in [3.05, 3.63) is 71.9 Å². The molecule has 0 saturated carbocycles. The van der Waals surface area contributed by atoms with Crippen LogP contribution in [0, 0.1) is 0 Å². The van der Waals surface area contributed by atoms with Gasteiger partial charge >= 0.3 is 5.97 Å². The van der Waals surface area contributed by atoms with Crippen LogP contribution in [0.1, 0.15) is 24.1 Å². The normalized spacial score (nSPS) is 10.9. The number of carbonyl (C=O) groups excluding carboxylic acids is 1. The van der Waals surface area contributed by atoms with Crippen LogP contribution in [0.3, 0.4) is 0 Å². The fourth-order valence-corrected chi connectivity index (χ4v) is 2.52.